The molecule has 18 heteroatoms. The summed E-state index contributed by atoms with van der Waals surface area (Å²) in [5, 5.41) is 12.3. The van der Waals surface area contributed by atoms with Crippen molar-refractivity contribution in [3.63, 3.8) is 0 Å². The van der Waals surface area contributed by atoms with Gasteiger partial charge >= 0.3 is 30.3 Å². The molecule has 18 nitrogen and oxygen atoms in total. The second-order valence-corrected chi connectivity index (χ2v) is 18.4. The van der Waals surface area contributed by atoms with Crippen molar-refractivity contribution < 1.29 is 52.8 Å². The molecule has 2 saturated heterocycles. The van der Waals surface area contributed by atoms with E-state index in [1.54, 1.807) is 102 Å². The lowest BCUT2D eigenvalue weighted by Gasteiger charge is -2.41. The van der Waals surface area contributed by atoms with E-state index in [0.717, 1.165) is 16.2 Å². The van der Waals surface area contributed by atoms with Crippen LogP contribution in [0.25, 0.3) is 0 Å². The Balaban J connectivity index is 0.000000349. The maximum atomic E-state index is 13.4. The molecule has 3 heterocycles. The number of carbonyl (C=O) groups is 6. The third-order valence-corrected chi connectivity index (χ3v) is 8.38. The number of aromatic nitrogens is 2. The first kappa shape index (κ1) is 47.8. The maximum absolute atomic E-state index is 13.4. The Morgan fingerprint density at radius 1 is 0.678 bits per heavy atom. The van der Waals surface area contributed by atoms with Crippen molar-refractivity contribution in [3.05, 3.63) is 48.0 Å². The van der Waals surface area contributed by atoms with Crippen molar-refractivity contribution in [3.8, 4) is 0 Å². The zero-order valence-corrected chi connectivity index (χ0v) is 36.8. The van der Waals surface area contributed by atoms with Crippen LogP contribution in [0.2, 0.25) is 0 Å². The Kier molecular flexibility index (Phi) is 15.4. The van der Waals surface area contributed by atoms with Crippen molar-refractivity contribution in [1.29, 1.82) is 0 Å². The molecule has 4 rings (SSSR count). The molecule has 0 spiro atoms. The van der Waals surface area contributed by atoms with Gasteiger partial charge in [0.15, 0.2) is 6.04 Å². The summed E-state index contributed by atoms with van der Waals surface area (Å²) >= 11 is 0. The number of carboxylic acids is 1. The van der Waals surface area contributed by atoms with Crippen molar-refractivity contribution in [1.82, 2.24) is 29.2 Å². The highest BCUT2D eigenvalue weighted by atomic mass is 16.6. The molecule has 0 saturated carbocycles. The Bertz CT molecular complexity index is 1820. The minimum Gasteiger partial charge on any atom is -0.480 e. The number of anilines is 1. The first-order valence-corrected chi connectivity index (χ1v) is 19.6. The number of aryl methyl sites for hydroxylation is 1. The van der Waals surface area contributed by atoms with Gasteiger partial charge in [0.25, 0.3) is 0 Å². The number of imidazole rings is 1. The Morgan fingerprint density at radius 3 is 1.54 bits per heavy atom. The van der Waals surface area contributed by atoms with E-state index >= 15 is 0 Å². The van der Waals surface area contributed by atoms with E-state index in [4.69, 9.17) is 18.9 Å². The van der Waals surface area contributed by atoms with Gasteiger partial charge in [-0.3, -0.25) is 14.6 Å². The van der Waals surface area contributed by atoms with Crippen LogP contribution in [-0.2, 0) is 35.1 Å². The predicted molar refractivity (Wildman–Crippen MR) is 218 cm³/mol. The molecule has 2 atom stereocenters. The molecule has 2 aliphatic rings. The summed E-state index contributed by atoms with van der Waals surface area (Å²) in [4.78, 5) is 84.1. The number of carboxylic acid groups (broad SMARTS) is 1. The number of hydrogen-bond donors (Lipinski definition) is 2. The number of nitrogens with zero attached hydrogens (tertiary/aromatic N) is 6. The van der Waals surface area contributed by atoms with E-state index in [1.807, 2.05) is 29.7 Å². The van der Waals surface area contributed by atoms with Crippen molar-refractivity contribution >= 4 is 41.9 Å². The molecular formula is C41H63N7O11. The summed E-state index contributed by atoms with van der Waals surface area (Å²) in [5.41, 5.74) is -0.182. The number of nitrogens with one attached hydrogen (secondary N) is 1. The standard InChI is InChI=1S/C26H37N5O5.C15H26N2O6/c1-18-14-27-17-30(18)15-19-9-8-10-20(13-19)28-22(32)21-16-29(23(33)35-25(2,3)4)11-12-31(21)24(34)36-26(5,6)7;1-14(2,3)22-12(20)16-7-8-17(10(9-16)11(18)19)13(21)23-15(4,5)6/h8-10,13-14,17,21H,11-12,15-16H2,1-7H3,(H,28,32);10H,7-9H2,1-6H3,(H,18,19). The van der Waals surface area contributed by atoms with Gasteiger partial charge in [-0.25, -0.2) is 29.0 Å². The van der Waals surface area contributed by atoms with Gasteiger partial charge in [0.2, 0.25) is 5.91 Å². The smallest absolute Gasteiger partial charge is 0.411 e. The molecule has 0 bridgehead atoms. The molecule has 5 amide bonds. The van der Waals surface area contributed by atoms with Gasteiger partial charge in [-0.2, -0.15) is 0 Å². The fourth-order valence-corrected chi connectivity index (χ4v) is 5.79. The normalized spacial score (nSPS) is 17.6. The van der Waals surface area contributed by atoms with Gasteiger partial charge in [0.05, 0.1) is 19.4 Å². The summed E-state index contributed by atoms with van der Waals surface area (Å²) in [5.74, 6) is -1.60. The number of ether oxygens (including phenoxy) is 4. The zero-order chi connectivity index (χ0) is 44.7. The average Bonchev–Trinajstić information content (AvgIpc) is 3.48. The van der Waals surface area contributed by atoms with E-state index in [-0.39, 0.29) is 39.3 Å². The maximum Gasteiger partial charge on any atom is 0.411 e. The molecule has 2 unspecified atom stereocenters. The summed E-state index contributed by atoms with van der Waals surface area (Å²) in [6.45, 7) is 24.1. The molecule has 2 N–H and O–H groups in total. The third-order valence-electron chi connectivity index (χ3n) is 8.38. The molecular weight excluding hydrogens is 766 g/mol. The predicted octanol–water partition coefficient (Wildman–Crippen LogP) is 5.96. The van der Waals surface area contributed by atoms with Crippen LogP contribution in [0.4, 0.5) is 24.9 Å². The van der Waals surface area contributed by atoms with Crippen LogP contribution in [0.15, 0.2) is 36.8 Å². The lowest BCUT2D eigenvalue weighted by atomic mass is 10.1. The van der Waals surface area contributed by atoms with E-state index < -0.39 is 70.7 Å². The van der Waals surface area contributed by atoms with E-state index in [9.17, 15) is 33.9 Å². The number of carbonyl (C=O) groups excluding carboxylic acids is 5. The average molecular weight is 830 g/mol. The number of aliphatic carboxylic acids is 1. The molecule has 328 valence electrons. The van der Waals surface area contributed by atoms with Crippen LogP contribution in [-0.4, -0.2) is 144 Å². The highest BCUT2D eigenvalue weighted by molar-refractivity contribution is 5.97. The van der Waals surface area contributed by atoms with Crippen LogP contribution < -0.4 is 5.32 Å². The third kappa shape index (κ3) is 15.6. The summed E-state index contributed by atoms with van der Waals surface area (Å²) < 4.78 is 23.5. The van der Waals surface area contributed by atoms with Crippen LogP contribution in [0, 0.1) is 6.92 Å². The summed E-state index contributed by atoms with van der Waals surface area (Å²) in [7, 11) is 0. The van der Waals surface area contributed by atoms with Crippen molar-refractivity contribution in [2.24, 2.45) is 0 Å². The first-order valence-electron chi connectivity index (χ1n) is 19.6. The van der Waals surface area contributed by atoms with Crippen LogP contribution in [0.1, 0.15) is 94.3 Å². The topological polar surface area (TPSA) is 202 Å². The highest BCUT2D eigenvalue weighted by Crippen LogP contribution is 2.22. The van der Waals surface area contributed by atoms with Gasteiger partial charge in [-0.05, 0) is 108 Å². The van der Waals surface area contributed by atoms with E-state index in [0.29, 0.717) is 12.2 Å². The molecule has 2 aromatic rings. The molecule has 0 radical (unpaired) electrons. The molecule has 2 fully saturated rings. The summed E-state index contributed by atoms with van der Waals surface area (Å²) in [6, 6.07) is 5.38. The quantitative estimate of drug-likeness (QED) is 0.335. The molecule has 0 aliphatic carbocycles. The second-order valence-electron chi connectivity index (χ2n) is 18.4. The van der Waals surface area contributed by atoms with Crippen molar-refractivity contribution in [2.75, 3.05) is 44.6 Å². The monoisotopic (exact) mass is 829 g/mol. The van der Waals surface area contributed by atoms with Gasteiger partial charge in [-0.15, -0.1) is 0 Å². The van der Waals surface area contributed by atoms with E-state index in [1.165, 1.54) is 14.7 Å². The fourth-order valence-electron chi connectivity index (χ4n) is 5.79. The van der Waals surface area contributed by atoms with E-state index in [2.05, 4.69) is 10.3 Å². The van der Waals surface area contributed by atoms with Crippen LogP contribution >= 0.6 is 0 Å². The first-order chi connectivity index (χ1) is 27.0. The van der Waals surface area contributed by atoms with Gasteiger partial charge in [0.1, 0.15) is 28.4 Å². The fraction of sp³-hybridized carbons (Fsp3) is 0.634. The van der Waals surface area contributed by atoms with Crippen molar-refractivity contribution in [2.45, 2.75) is 131 Å². The van der Waals surface area contributed by atoms with Gasteiger partial charge < -0.3 is 43.7 Å². The highest BCUT2D eigenvalue weighted by Gasteiger charge is 2.41. The molecule has 1 aromatic carbocycles. The number of piperazine rings is 2. The second kappa shape index (κ2) is 19.0. The molecule has 2 aliphatic heterocycles. The number of amides is 5. The SMILES string of the molecule is CC(C)(C)OC(=O)N1CCN(C(=O)OC(C)(C)C)C(C(=O)O)C1.Cc1cncn1Cc1cccc(NC(=O)C2CN(C(=O)OC(C)(C)C)CCN2C(=O)OC(C)(C)C)c1. The van der Waals surface area contributed by atoms with Crippen LogP contribution in [0.3, 0.4) is 0 Å². The lowest BCUT2D eigenvalue weighted by molar-refractivity contribution is -0.145. The Labute approximate surface area is 347 Å². The minimum atomic E-state index is -1.19. The number of rotatable bonds is 5. The minimum absolute atomic E-state index is 0.00604. The van der Waals surface area contributed by atoms with Gasteiger partial charge in [-0.1, -0.05) is 12.1 Å². The Hall–Kier alpha value is -5.55. The lowest BCUT2D eigenvalue weighted by Crippen LogP contribution is -2.61. The zero-order valence-electron chi connectivity index (χ0n) is 36.8. The number of benzene rings is 1. The number of hydrogen-bond acceptors (Lipinski definition) is 11. The molecule has 59 heavy (non-hydrogen) atoms. The van der Waals surface area contributed by atoms with Crippen LogP contribution in [0.5, 0.6) is 0 Å². The summed E-state index contributed by atoms with van der Waals surface area (Å²) in [6.07, 6.45) is 1.13. The molecule has 1 aromatic heterocycles. The van der Waals surface area contributed by atoms with Gasteiger partial charge in [0, 0.05) is 50.3 Å². The Morgan fingerprint density at radius 2 is 1.12 bits per heavy atom. The largest absolute Gasteiger partial charge is 0.480 e.